The van der Waals surface area contributed by atoms with Gasteiger partial charge in [-0.05, 0) is 19.3 Å². The highest BCUT2D eigenvalue weighted by Crippen LogP contribution is 2.27. The van der Waals surface area contributed by atoms with Crippen molar-refractivity contribution in [2.75, 3.05) is 0 Å². The van der Waals surface area contributed by atoms with Gasteiger partial charge in [-0.15, -0.1) is 0 Å². The van der Waals surface area contributed by atoms with E-state index in [-0.39, 0.29) is 11.7 Å². The third kappa shape index (κ3) is 3.90. The first kappa shape index (κ1) is 15.4. The summed E-state index contributed by atoms with van der Waals surface area (Å²) in [5, 5.41) is 0. The summed E-state index contributed by atoms with van der Waals surface area (Å²) < 4.78 is 38.5. The fourth-order valence-corrected chi connectivity index (χ4v) is 1.73. The van der Waals surface area contributed by atoms with Crippen molar-refractivity contribution < 1.29 is 18.0 Å². The van der Waals surface area contributed by atoms with Gasteiger partial charge in [-0.2, -0.15) is 13.2 Å². The third-order valence-electron chi connectivity index (χ3n) is 2.62. The number of carbonyl (C=O) groups excluding carboxylic acids is 1. The van der Waals surface area contributed by atoms with Gasteiger partial charge in [0, 0.05) is 6.20 Å². The zero-order chi connectivity index (χ0) is 14.8. The monoisotopic (exact) mass is 276 g/mol. The first-order valence-corrected chi connectivity index (χ1v) is 5.78. The quantitative estimate of drug-likeness (QED) is 0.848. The molecule has 106 valence electrons. The maximum atomic E-state index is 12.6. The van der Waals surface area contributed by atoms with Crippen LogP contribution in [0.5, 0.6) is 0 Å². The first-order valence-electron chi connectivity index (χ1n) is 5.78. The number of halogens is 3. The summed E-state index contributed by atoms with van der Waals surface area (Å²) in [4.78, 5) is 26.2. The molecule has 0 aliphatic heterocycles. The molecule has 0 N–H and O–H groups in total. The molecule has 0 unspecified atom stereocenters. The average Bonchev–Trinajstić information content (AvgIpc) is 2.24. The summed E-state index contributed by atoms with van der Waals surface area (Å²) in [6, 6.07) is -0.892. The van der Waals surface area contributed by atoms with E-state index in [0.29, 0.717) is 18.8 Å². The van der Waals surface area contributed by atoms with Gasteiger partial charge in [0.05, 0.1) is 12.2 Å². The highest BCUT2D eigenvalue weighted by molar-refractivity contribution is 5.79. The van der Waals surface area contributed by atoms with Crippen molar-refractivity contribution in [1.29, 1.82) is 0 Å². The Balaban J connectivity index is 3.30. The van der Waals surface area contributed by atoms with E-state index < -0.39 is 23.5 Å². The van der Waals surface area contributed by atoms with Gasteiger partial charge in [0.2, 0.25) is 0 Å². The Morgan fingerprint density at radius 3 is 2.42 bits per heavy atom. The fraction of sp³-hybridized carbons (Fsp3) is 0.583. The molecular weight excluding hydrogens is 261 g/mol. The Bertz CT molecular complexity index is 520. The van der Waals surface area contributed by atoms with Crippen LogP contribution in [0.25, 0.3) is 0 Å². The molecule has 0 amide bonds. The maximum absolute atomic E-state index is 12.6. The van der Waals surface area contributed by atoms with E-state index in [2.05, 4.69) is 4.98 Å². The number of nitrogens with zero attached hydrogens (tertiary/aromatic N) is 2. The van der Waals surface area contributed by atoms with E-state index in [4.69, 9.17) is 0 Å². The Morgan fingerprint density at radius 1 is 1.42 bits per heavy atom. The summed E-state index contributed by atoms with van der Waals surface area (Å²) in [7, 11) is 0. The van der Waals surface area contributed by atoms with Gasteiger partial charge >= 0.3 is 6.18 Å². The molecule has 0 bridgehead atoms. The van der Waals surface area contributed by atoms with E-state index in [0.717, 1.165) is 4.57 Å². The Kier molecular flexibility index (Phi) is 4.49. The van der Waals surface area contributed by atoms with Crippen molar-refractivity contribution in [3.63, 3.8) is 0 Å². The normalized spacial score (nSPS) is 13.6. The van der Waals surface area contributed by atoms with Gasteiger partial charge in [0.25, 0.3) is 5.56 Å². The molecule has 0 spiro atoms. The predicted molar refractivity (Wildman–Crippen MR) is 62.7 cm³/mol. The molecule has 0 aromatic carbocycles. The molecule has 1 heterocycles. The third-order valence-corrected chi connectivity index (χ3v) is 2.62. The van der Waals surface area contributed by atoms with Crippen molar-refractivity contribution in [2.24, 2.45) is 5.92 Å². The lowest BCUT2D eigenvalue weighted by atomic mass is 10.0. The second kappa shape index (κ2) is 5.54. The largest absolute Gasteiger partial charge is 0.434 e. The zero-order valence-corrected chi connectivity index (χ0v) is 10.9. The Hall–Kier alpha value is -1.66. The molecule has 1 atom stereocenters. The van der Waals surface area contributed by atoms with Crippen LogP contribution in [0.15, 0.2) is 17.2 Å². The highest BCUT2D eigenvalue weighted by atomic mass is 19.4. The van der Waals surface area contributed by atoms with Gasteiger partial charge in [-0.1, -0.05) is 13.8 Å². The number of alkyl halides is 3. The van der Waals surface area contributed by atoms with Crippen molar-refractivity contribution in [2.45, 2.75) is 39.4 Å². The van der Waals surface area contributed by atoms with E-state index in [1.165, 1.54) is 6.92 Å². The van der Waals surface area contributed by atoms with E-state index in [9.17, 15) is 22.8 Å². The standard InChI is InChI=1S/C12H15F3N2O2/c1-7(2)4-9(8(3)18)17-6-10(12(13,14)15)16-5-11(17)19/h5-7,9H,4H2,1-3H3/t9-/m0/s1. The molecule has 0 fully saturated rings. The number of hydrogen-bond donors (Lipinski definition) is 0. The lowest BCUT2D eigenvalue weighted by molar-refractivity contribution is -0.142. The summed E-state index contributed by atoms with van der Waals surface area (Å²) in [5.41, 5.74) is -1.89. The van der Waals surface area contributed by atoms with Gasteiger partial charge in [0.1, 0.15) is 0 Å². The van der Waals surface area contributed by atoms with Gasteiger partial charge in [-0.3, -0.25) is 9.59 Å². The SMILES string of the molecule is CC(=O)[C@H](CC(C)C)n1cc(C(F)(F)F)ncc1=O. The summed E-state index contributed by atoms with van der Waals surface area (Å²) in [5.74, 6) is -0.279. The van der Waals surface area contributed by atoms with Crippen molar-refractivity contribution >= 4 is 5.78 Å². The number of Topliss-reactive ketones (excluding diaryl/α,β-unsaturated/α-hetero) is 1. The molecule has 1 aromatic heterocycles. The molecule has 0 saturated heterocycles. The minimum Gasteiger partial charge on any atom is -0.302 e. The molecule has 1 rings (SSSR count). The Morgan fingerprint density at radius 2 is 2.00 bits per heavy atom. The maximum Gasteiger partial charge on any atom is 0.434 e. The zero-order valence-electron chi connectivity index (χ0n) is 10.9. The Labute approximate surface area is 108 Å². The molecule has 0 radical (unpaired) electrons. The topological polar surface area (TPSA) is 52.0 Å². The highest BCUT2D eigenvalue weighted by Gasteiger charge is 2.34. The van der Waals surface area contributed by atoms with Gasteiger partial charge < -0.3 is 4.57 Å². The molecule has 0 aliphatic carbocycles. The predicted octanol–water partition coefficient (Wildman–Crippen LogP) is 2.44. The van der Waals surface area contributed by atoms with Crippen LogP contribution in [0.2, 0.25) is 0 Å². The lowest BCUT2D eigenvalue weighted by Crippen LogP contribution is -2.31. The number of hydrogen-bond acceptors (Lipinski definition) is 3. The van der Waals surface area contributed by atoms with Crippen LogP contribution in [0.1, 0.15) is 38.9 Å². The molecule has 1 aromatic rings. The molecule has 7 heteroatoms. The van der Waals surface area contributed by atoms with E-state index in [1.54, 1.807) is 0 Å². The smallest absolute Gasteiger partial charge is 0.302 e. The summed E-state index contributed by atoms with van der Waals surface area (Å²) in [6.45, 7) is 4.91. The van der Waals surface area contributed by atoms with Crippen LogP contribution in [0, 0.1) is 5.92 Å². The number of aromatic nitrogens is 2. The second-order valence-corrected chi connectivity index (χ2v) is 4.77. The van der Waals surface area contributed by atoms with Crippen molar-refractivity contribution in [3.05, 3.63) is 28.4 Å². The summed E-state index contributed by atoms with van der Waals surface area (Å²) in [6.07, 6.45) is -3.14. The lowest BCUT2D eigenvalue weighted by Gasteiger charge is -2.19. The van der Waals surface area contributed by atoms with Crippen LogP contribution >= 0.6 is 0 Å². The minimum atomic E-state index is -4.64. The number of carbonyl (C=O) groups is 1. The molecule has 0 saturated carbocycles. The first-order chi connectivity index (χ1) is 8.62. The van der Waals surface area contributed by atoms with Gasteiger partial charge in [0.15, 0.2) is 11.5 Å². The van der Waals surface area contributed by atoms with E-state index >= 15 is 0 Å². The fourth-order valence-electron chi connectivity index (χ4n) is 1.73. The van der Waals surface area contributed by atoms with Crippen LogP contribution < -0.4 is 5.56 Å². The molecule has 0 aliphatic rings. The minimum absolute atomic E-state index is 0.0725. The van der Waals surface area contributed by atoms with Crippen LogP contribution in [-0.4, -0.2) is 15.3 Å². The van der Waals surface area contributed by atoms with Gasteiger partial charge in [-0.25, -0.2) is 4.98 Å². The molecule has 19 heavy (non-hydrogen) atoms. The van der Waals surface area contributed by atoms with E-state index in [1.807, 2.05) is 13.8 Å². The molecular formula is C12H15F3N2O2. The van der Waals surface area contributed by atoms with Crippen molar-refractivity contribution in [3.8, 4) is 0 Å². The number of ketones is 1. The summed E-state index contributed by atoms with van der Waals surface area (Å²) >= 11 is 0. The van der Waals surface area contributed by atoms with Crippen LogP contribution in [0.3, 0.4) is 0 Å². The molecule has 4 nitrogen and oxygen atoms in total. The second-order valence-electron chi connectivity index (χ2n) is 4.77. The number of rotatable bonds is 4. The average molecular weight is 276 g/mol. The van der Waals surface area contributed by atoms with Crippen LogP contribution in [-0.2, 0) is 11.0 Å². The van der Waals surface area contributed by atoms with Crippen molar-refractivity contribution in [1.82, 2.24) is 9.55 Å². The van der Waals surface area contributed by atoms with Crippen LogP contribution in [0.4, 0.5) is 13.2 Å².